The van der Waals surface area contributed by atoms with Crippen LogP contribution in [0, 0.1) is 0 Å². The number of nitrogens with one attached hydrogen (secondary N) is 2. The maximum Gasteiger partial charge on any atom is 0.291 e. The number of H-pyrrole nitrogens is 2. The van der Waals surface area contributed by atoms with Crippen molar-refractivity contribution in [3.05, 3.63) is 12.2 Å². The third-order valence-corrected chi connectivity index (χ3v) is 1.56. The second-order valence-electron chi connectivity index (χ2n) is 2.35. The average Bonchev–Trinajstić information content (AvgIpc) is 2.49. The predicted molar refractivity (Wildman–Crippen MR) is 40.8 cm³/mol. The predicted octanol–water partition coefficient (Wildman–Crippen LogP) is -4.15. The summed E-state index contributed by atoms with van der Waals surface area (Å²) in [7, 11) is 0. The van der Waals surface area contributed by atoms with Gasteiger partial charge in [0.2, 0.25) is 18.0 Å². The van der Waals surface area contributed by atoms with E-state index >= 15 is 0 Å². The van der Waals surface area contributed by atoms with Gasteiger partial charge in [-0.15, -0.1) is 0 Å². The van der Waals surface area contributed by atoms with Crippen molar-refractivity contribution in [2.45, 2.75) is 6.61 Å². The molecular weight excluding hydrogens is 194 g/mol. The molecule has 0 radical (unpaired) electrons. The number of aliphatic hydroxyl groups is 1. The summed E-state index contributed by atoms with van der Waals surface area (Å²) in [6, 6.07) is 0. The van der Waals surface area contributed by atoms with E-state index in [0.29, 0.717) is 22.8 Å². The summed E-state index contributed by atoms with van der Waals surface area (Å²) in [5, 5.41) is 8.76. The molecule has 0 bridgehead atoms. The average molecular weight is 202 g/mol. The lowest BCUT2D eigenvalue weighted by molar-refractivity contribution is -0.352. The fraction of sp³-hybridized carbons (Fsp3) is 0.167. The third kappa shape index (κ3) is 1.53. The first kappa shape index (κ1) is 9.69. The molecule has 2 rings (SSSR count). The van der Waals surface area contributed by atoms with Crippen LogP contribution >= 0.6 is 0 Å². The van der Waals surface area contributed by atoms with Gasteiger partial charge in [-0.05, 0) is 0 Å². The molecule has 0 aliphatic heterocycles. The number of nitrogen functional groups attached to an aromatic ring is 1. The van der Waals surface area contributed by atoms with Gasteiger partial charge >= 0.3 is 0 Å². The molecule has 0 spiro atoms. The summed E-state index contributed by atoms with van der Waals surface area (Å²) < 4.78 is 0. The number of nitrogens with two attached hydrogens (primary N) is 1. The lowest BCUT2D eigenvalue weighted by Gasteiger charge is -1.83. The summed E-state index contributed by atoms with van der Waals surface area (Å²) in [5.41, 5.74) is 6.77. The Kier molecular flexibility index (Phi) is 2.64. The van der Waals surface area contributed by atoms with Gasteiger partial charge in [0.1, 0.15) is 6.61 Å². The largest absolute Gasteiger partial charge is 1.00 e. The summed E-state index contributed by atoms with van der Waals surface area (Å²) >= 11 is 0. The number of halogens is 1. The molecule has 0 amide bonds. The van der Waals surface area contributed by atoms with Crippen LogP contribution in [0.25, 0.3) is 11.2 Å². The van der Waals surface area contributed by atoms with E-state index in [1.807, 2.05) is 0 Å². The van der Waals surface area contributed by atoms with E-state index in [2.05, 4.69) is 19.9 Å². The van der Waals surface area contributed by atoms with Crippen LogP contribution in [0.3, 0.4) is 0 Å². The smallest absolute Gasteiger partial charge is 0.291 e. The number of aromatic amines is 2. The Morgan fingerprint density at radius 1 is 1.62 bits per heavy atom. The highest BCUT2D eigenvalue weighted by molar-refractivity contribution is 5.78. The maximum absolute atomic E-state index is 8.76. The minimum atomic E-state index is -0.137. The Morgan fingerprint density at radius 2 is 2.38 bits per heavy atom. The molecular formula is C6H8ClN5O. The van der Waals surface area contributed by atoms with Gasteiger partial charge in [-0.25, -0.2) is 4.98 Å². The molecule has 6 nitrogen and oxygen atoms in total. The fourth-order valence-corrected chi connectivity index (χ4v) is 1.01. The number of aliphatic hydroxyl groups excluding tert-OH is 1. The van der Waals surface area contributed by atoms with Crippen LogP contribution in [0.1, 0.15) is 5.82 Å². The fourth-order valence-electron chi connectivity index (χ4n) is 1.01. The molecule has 0 aliphatic carbocycles. The van der Waals surface area contributed by atoms with Gasteiger partial charge in [0.25, 0.3) is 5.65 Å². The quantitative estimate of drug-likeness (QED) is 0.436. The van der Waals surface area contributed by atoms with E-state index in [-0.39, 0.29) is 19.0 Å². The van der Waals surface area contributed by atoms with Gasteiger partial charge in [0.05, 0.1) is 0 Å². The van der Waals surface area contributed by atoms with Crippen molar-refractivity contribution in [3.63, 3.8) is 0 Å². The van der Waals surface area contributed by atoms with E-state index in [4.69, 9.17) is 10.8 Å². The molecule has 2 heterocycles. The van der Waals surface area contributed by atoms with Gasteiger partial charge in [-0.3, -0.25) is 0 Å². The summed E-state index contributed by atoms with van der Waals surface area (Å²) in [5.74, 6) is 0.844. The highest BCUT2D eigenvalue weighted by Crippen LogP contribution is 2.10. The van der Waals surface area contributed by atoms with E-state index < -0.39 is 0 Å². The molecule has 70 valence electrons. The molecule has 0 saturated carbocycles. The first-order valence-corrected chi connectivity index (χ1v) is 3.43. The highest BCUT2D eigenvalue weighted by Gasteiger charge is 2.12. The Balaban J connectivity index is 0.000000845. The van der Waals surface area contributed by atoms with E-state index in [0.717, 1.165) is 0 Å². The third-order valence-electron chi connectivity index (χ3n) is 1.56. The van der Waals surface area contributed by atoms with Crippen LogP contribution in [-0.2, 0) is 6.61 Å². The Bertz CT molecular complexity index is 414. The van der Waals surface area contributed by atoms with Gasteiger partial charge in [-0.2, -0.15) is 0 Å². The second-order valence-corrected chi connectivity index (χ2v) is 2.35. The van der Waals surface area contributed by atoms with Crippen LogP contribution in [0.4, 0.5) is 5.82 Å². The zero-order chi connectivity index (χ0) is 8.55. The second kappa shape index (κ2) is 3.55. The number of aromatic nitrogens is 4. The molecule has 5 N–H and O–H groups in total. The number of rotatable bonds is 1. The Morgan fingerprint density at radius 3 is 3.00 bits per heavy atom. The van der Waals surface area contributed by atoms with Crippen LogP contribution in [-0.4, -0.2) is 20.1 Å². The molecule has 0 aliphatic rings. The van der Waals surface area contributed by atoms with E-state index in [1.54, 1.807) is 0 Å². The normalized spacial score (nSPS) is 9.92. The number of nitrogens with zero attached hydrogens (tertiary/aromatic N) is 2. The van der Waals surface area contributed by atoms with Crippen molar-refractivity contribution < 1.29 is 22.5 Å². The first-order valence-electron chi connectivity index (χ1n) is 3.43. The van der Waals surface area contributed by atoms with Crippen molar-refractivity contribution in [1.82, 2.24) is 15.0 Å². The summed E-state index contributed by atoms with van der Waals surface area (Å²) in [6.07, 6.45) is 1.46. The summed E-state index contributed by atoms with van der Waals surface area (Å²) in [4.78, 5) is 13.5. The standard InChI is InChI=1S/C6H7N5O.ClH/c7-5-4-6(9-2-8-5)11-3(1-12)10-4;/h2,12H,1H2,(H3,7,8,9,10,11);1H. The number of anilines is 1. The van der Waals surface area contributed by atoms with Gasteiger partial charge < -0.3 is 28.2 Å². The number of fused-ring (bicyclic) bond motifs is 1. The number of imidazole rings is 1. The van der Waals surface area contributed by atoms with Gasteiger partial charge in [0, 0.05) is 0 Å². The lowest BCUT2D eigenvalue weighted by atomic mass is 10.5. The maximum atomic E-state index is 8.76. The zero-order valence-electron chi connectivity index (χ0n) is 6.58. The van der Waals surface area contributed by atoms with E-state index in [1.165, 1.54) is 6.33 Å². The van der Waals surface area contributed by atoms with E-state index in [9.17, 15) is 0 Å². The molecule has 0 aromatic carbocycles. The lowest BCUT2D eigenvalue weighted by Crippen LogP contribution is -3.00. The molecule has 0 atom stereocenters. The zero-order valence-corrected chi connectivity index (χ0v) is 7.34. The Labute approximate surface area is 79.6 Å². The van der Waals surface area contributed by atoms with Crippen LogP contribution in [0.2, 0.25) is 0 Å². The molecule has 2 aromatic heterocycles. The number of hydrogen-bond donors (Lipinski definition) is 3. The molecule has 0 fully saturated rings. The molecule has 0 saturated heterocycles. The highest BCUT2D eigenvalue weighted by atomic mass is 35.5. The first-order chi connectivity index (χ1) is 5.81. The van der Waals surface area contributed by atoms with Crippen molar-refractivity contribution in [3.8, 4) is 0 Å². The van der Waals surface area contributed by atoms with Crippen molar-refractivity contribution in [1.29, 1.82) is 0 Å². The van der Waals surface area contributed by atoms with Crippen LogP contribution in [0.15, 0.2) is 6.33 Å². The Hall–Kier alpha value is -1.40. The molecule has 2 aromatic rings. The molecule has 13 heavy (non-hydrogen) atoms. The van der Waals surface area contributed by atoms with Gasteiger partial charge in [0.15, 0.2) is 5.52 Å². The molecule has 0 unspecified atom stereocenters. The van der Waals surface area contributed by atoms with Crippen molar-refractivity contribution >= 4 is 17.0 Å². The topological polar surface area (TPSA) is 102 Å². The van der Waals surface area contributed by atoms with Gasteiger partial charge in [-0.1, -0.05) is 9.97 Å². The SMILES string of the molecule is Nc1nc[nH+]c2nc(CO)[nH]c12.[Cl-]. The van der Waals surface area contributed by atoms with Crippen molar-refractivity contribution in [2.75, 3.05) is 5.73 Å². The monoisotopic (exact) mass is 201 g/mol. The van der Waals surface area contributed by atoms with Crippen LogP contribution in [0.5, 0.6) is 0 Å². The summed E-state index contributed by atoms with van der Waals surface area (Å²) in [6.45, 7) is -0.137. The molecule has 7 heteroatoms. The van der Waals surface area contributed by atoms with Crippen molar-refractivity contribution in [2.24, 2.45) is 0 Å². The van der Waals surface area contributed by atoms with Crippen LogP contribution < -0.4 is 23.1 Å². The minimum Gasteiger partial charge on any atom is -1.00 e. The number of hydrogen-bond acceptors (Lipinski definition) is 4. The minimum absolute atomic E-state index is 0.